The first kappa shape index (κ1) is 23.4. The zero-order valence-electron chi connectivity index (χ0n) is 18.4. The normalized spacial score (nSPS) is 10.9. The van der Waals surface area contributed by atoms with Crippen molar-refractivity contribution in [3.63, 3.8) is 0 Å². The van der Waals surface area contributed by atoms with E-state index in [1.54, 1.807) is 30.8 Å². The van der Waals surface area contributed by atoms with Gasteiger partial charge in [-0.05, 0) is 55.5 Å². The minimum absolute atomic E-state index is 0.260. The van der Waals surface area contributed by atoms with Crippen molar-refractivity contribution >= 4 is 34.9 Å². The first-order chi connectivity index (χ1) is 16.4. The number of benzene rings is 2. The Morgan fingerprint density at radius 3 is 2.44 bits per heavy atom. The van der Waals surface area contributed by atoms with E-state index >= 15 is 0 Å². The number of fused-ring (bicyclic) bond motifs is 1. The number of likely N-dealkylation sites (N-methyl/N-ethyl adjacent to an activating group) is 1. The molecule has 0 radical (unpaired) electrons. The van der Waals surface area contributed by atoms with E-state index in [-0.39, 0.29) is 19.0 Å². The second-order valence-electron chi connectivity index (χ2n) is 7.48. The molecule has 2 amide bonds. The number of imidazole rings is 1. The van der Waals surface area contributed by atoms with Crippen LogP contribution in [0.3, 0.4) is 0 Å². The molecule has 2 aromatic carbocycles. The SMILES string of the molecule is CCN(CC(=O)Nc1c(F)cccc1F)C(=O)c1ccc(SCc2cn3ccccc3n2)cc1. The summed E-state index contributed by atoms with van der Waals surface area (Å²) in [7, 11) is 0. The topological polar surface area (TPSA) is 66.7 Å². The van der Waals surface area contributed by atoms with Gasteiger partial charge in [0.15, 0.2) is 0 Å². The number of rotatable bonds is 8. The predicted molar refractivity (Wildman–Crippen MR) is 128 cm³/mol. The molecule has 0 spiro atoms. The Balaban J connectivity index is 1.35. The van der Waals surface area contributed by atoms with Crippen molar-refractivity contribution in [3.05, 3.63) is 95.9 Å². The Morgan fingerprint density at radius 2 is 1.76 bits per heavy atom. The molecular formula is C25H22F2N4O2S. The third kappa shape index (κ3) is 5.43. The molecule has 0 saturated carbocycles. The molecule has 0 saturated heterocycles. The first-order valence-electron chi connectivity index (χ1n) is 10.6. The van der Waals surface area contributed by atoms with Gasteiger partial charge in [-0.15, -0.1) is 11.8 Å². The zero-order valence-corrected chi connectivity index (χ0v) is 19.2. The van der Waals surface area contributed by atoms with E-state index in [1.165, 1.54) is 11.0 Å². The van der Waals surface area contributed by atoms with Crippen LogP contribution in [0.1, 0.15) is 23.0 Å². The minimum atomic E-state index is -0.876. The van der Waals surface area contributed by atoms with Crippen LogP contribution >= 0.6 is 11.8 Å². The smallest absolute Gasteiger partial charge is 0.254 e. The highest BCUT2D eigenvalue weighted by Crippen LogP contribution is 2.23. The van der Waals surface area contributed by atoms with Crippen LogP contribution in [0.25, 0.3) is 5.65 Å². The molecule has 0 fully saturated rings. The largest absolute Gasteiger partial charge is 0.330 e. The Hall–Kier alpha value is -3.72. The number of hydrogen-bond acceptors (Lipinski definition) is 4. The van der Waals surface area contributed by atoms with Gasteiger partial charge in [-0.25, -0.2) is 13.8 Å². The maximum Gasteiger partial charge on any atom is 0.254 e. The second-order valence-corrected chi connectivity index (χ2v) is 8.52. The van der Waals surface area contributed by atoms with Gasteiger partial charge < -0.3 is 14.6 Å². The highest BCUT2D eigenvalue weighted by atomic mass is 32.2. The summed E-state index contributed by atoms with van der Waals surface area (Å²) in [6.45, 7) is 1.66. The molecule has 174 valence electrons. The fourth-order valence-corrected chi connectivity index (χ4v) is 4.17. The molecule has 2 heterocycles. The van der Waals surface area contributed by atoms with Crippen molar-refractivity contribution in [1.29, 1.82) is 0 Å². The molecule has 1 N–H and O–H groups in total. The van der Waals surface area contributed by atoms with E-state index in [0.717, 1.165) is 28.4 Å². The molecule has 0 aliphatic rings. The summed E-state index contributed by atoms with van der Waals surface area (Å²) in [6.07, 6.45) is 3.93. The van der Waals surface area contributed by atoms with E-state index in [0.29, 0.717) is 11.3 Å². The van der Waals surface area contributed by atoms with Gasteiger partial charge in [0.1, 0.15) is 29.5 Å². The van der Waals surface area contributed by atoms with Gasteiger partial charge in [0, 0.05) is 35.2 Å². The number of para-hydroxylation sites is 1. The summed E-state index contributed by atoms with van der Waals surface area (Å²) in [5.74, 6) is -2.09. The zero-order chi connectivity index (χ0) is 24.1. The summed E-state index contributed by atoms with van der Waals surface area (Å²) in [5.41, 5.74) is 1.73. The van der Waals surface area contributed by atoms with E-state index < -0.39 is 23.2 Å². The van der Waals surface area contributed by atoms with Gasteiger partial charge >= 0.3 is 0 Å². The number of nitrogens with zero attached hydrogens (tertiary/aromatic N) is 3. The van der Waals surface area contributed by atoms with Crippen LogP contribution in [0, 0.1) is 11.6 Å². The number of carbonyl (C=O) groups is 2. The van der Waals surface area contributed by atoms with Crippen LogP contribution in [-0.2, 0) is 10.5 Å². The molecule has 34 heavy (non-hydrogen) atoms. The van der Waals surface area contributed by atoms with Gasteiger partial charge in [-0.1, -0.05) is 12.1 Å². The fourth-order valence-electron chi connectivity index (χ4n) is 3.39. The fraction of sp³-hybridized carbons (Fsp3) is 0.160. The van der Waals surface area contributed by atoms with Crippen molar-refractivity contribution in [2.24, 2.45) is 0 Å². The number of aromatic nitrogens is 2. The Labute approximate surface area is 199 Å². The van der Waals surface area contributed by atoms with Gasteiger partial charge in [0.25, 0.3) is 5.91 Å². The third-order valence-electron chi connectivity index (χ3n) is 5.13. The van der Waals surface area contributed by atoms with Crippen molar-refractivity contribution in [1.82, 2.24) is 14.3 Å². The maximum absolute atomic E-state index is 13.8. The van der Waals surface area contributed by atoms with Crippen LogP contribution in [0.15, 0.2) is 78.0 Å². The molecule has 4 aromatic rings. The van der Waals surface area contributed by atoms with Crippen molar-refractivity contribution in [2.75, 3.05) is 18.4 Å². The van der Waals surface area contributed by atoms with Crippen molar-refractivity contribution < 1.29 is 18.4 Å². The van der Waals surface area contributed by atoms with Gasteiger partial charge in [0.2, 0.25) is 5.91 Å². The van der Waals surface area contributed by atoms with Crippen LogP contribution in [0.2, 0.25) is 0 Å². The Morgan fingerprint density at radius 1 is 1.03 bits per heavy atom. The summed E-state index contributed by atoms with van der Waals surface area (Å²) in [5, 5.41) is 2.21. The van der Waals surface area contributed by atoms with Crippen LogP contribution < -0.4 is 5.32 Å². The molecule has 0 aliphatic carbocycles. The number of thioether (sulfide) groups is 1. The number of anilines is 1. The molecule has 2 aromatic heterocycles. The number of nitrogens with one attached hydrogen (secondary N) is 1. The number of hydrogen-bond donors (Lipinski definition) is 1. The van der Waals surface area contributed by atoms with Gasteiger partial charge in [0.05, 0.1) is 5.69 Å². The molecular weight excluding hydrogens is 458 g/mol. The lowest BCUT2D eigenvalue weighted by Gasteiger charge is -2.20. The van der Waals surface area contributed by atoms with E-state index in [1.807, 2.05) is 47.1 Å². The molecule has 0 atom stereocenters. The maximum atomic E-state index is 13.8. The number of amides is 2. The summed E-state index contributed by atoms with van der Waals surface area (Å²) >= 11 is 1.60. The quantitative estimate of drug-likeness (QED) is 0.360. The van der Waals surface area contributed by atoms with Crippen LogP contribution in [-0.4, -0.2) is 39.2 Å². The van der Waals surface area contributed by atoms with Crippen molar-refractivity contribution in [3.8, 4) is 0 Å². The summed E-state index contributed by atoms with van der Waals surface area (Å²) in [6, 6.07) is 16.2. The monoisotopic (exact) mass is 480 g/mol. The van der Waals surface area contributed by atoms with E-state index in [4.69, 9.17) is 0 Å². The lowest BCUT2D eigenvalue weighted by Crippen LogP contribution is -2.38. The van der Waals surface area contributed by atoms with Gasteiger partial charge in [-0.2, -0.15) is 0 Å². The second kappa shape index (κ2) is 10.5. The molecule has 6 nitrogen and oxygen atoms in total. The number of pyridine rings is 1. The third-order valence-corrected chi connectivity index (χ3v) is 6.18. The first-order valence-corrected chi connectivity index (χ1v) is 11.6. The van der Waals surface area contributed by atoms with Crippen LogP contribution in [0.5, 0.6) is 0 Å². The molecule has 0 unspecified atom stereocenters. The number of halogens is 2. The lowest BCUT2D eigenvalue weighted by atomic mass is 10.2. The number of carbonyl (C=O) groups excluding carboxylic acids is 2. The molecule has 9 heteroatoms. The minimum Gasteiger partial charge on any atom is -0.330 e. The average molecular weight is 481 g/mol. The Bertz CT molecular complexity index is 1270. The van der Waals surface area contributed by atoms with Crippen LogP contribution in [0.4, 0.5) is 14.5 Å². The van der Waals surface area contributed by atoms with Crippen molar-refractivity contribution in [2.45, 2.75) is 17.6 Å². The van der Waals surface area contributed by atoms with E-state index in [2.05, 4.69) is 10.3 Å². The molecule has 0 bridgehead atoms. The summed E-state index contributed by atoms with van der Waals surface area (Å²) < 4.78 is 29.5. The van der Waals surface area contributed by atoms with Gasteiger partial charge in [-0.3, -0.25) is 9.59 Å². The highest BCUT2D eigenvalue weighted by molar-refractivity contribution is 7.98. The molecule has 4 rings (SSSR count). The highest BCUT2D eigenvalue weighted by Gasteiger charge is 2.19. The molecule has 0 aliphatic heterocycles. The predicted octanol–water partition coefficient (Wildman–Crippen LogP) is 5.01. The average Bonchev–Trinajstić information content (AvgIpc) is 3.26. The Kier molecular flexibility index (Phi) is 7.22. The standard InChI is InChI=1S/C25H22F2N4O2S/c1-2-30(15-23(32)29-24-20(26)6-5-7-21(24)27)25(33)17-9-11-19(12-10-17)34-16-18-14-31-13-4-3-8-22(31)28-18/h3-14H,2,15-16H2,1H3,(H,29,32). The summed E-state index contributed by atoms with van der Waals surface area (Å²) in [4.78, 5) is 32.0. The van der Waals surface area contributed by atoms with E-state index in [9.17, 15) is 18.4 Å². The lowest BCUT2D eigenvalue weighted by molar-refractivity contribution is -0.116.